The van der Waals surface area contributed by atoms with Crippen LogP contribution in [0.15, 0.2) is 66.7 Å². The van der Waals surface area contributed by atoms with Gasteiger partial charge in [0.1, 0.15) is 11.9 Å². The second-order valence-corrected chi connectivity index (χ2v) is 11.4. The molecule has 16 heteroatoms. The van der Waals surface area contributed by atoms with E-state index in [9.17, 15) is 45.8 Å². The van der Waals surface area contributed by atoms with E-state index in [0.717, 1.165) is 48.5 Å². The third kappa shape index (κ3) is 8.87. The molecule has 0 spiro atoms. The molecule has 0 saturated carbocycles. The van der Waals surface area contributed by atoms with Gasteiger partial charge in [-0.15, -0.1) is 0 Å². The van der Waals surface area contributed by atoms with E-state index in [4.69, 9.17) is 4.74 Å². The first-order chi connectivity index (χ1) is 22.5. The Labute approximate surface area is 271 Å². The van der Waals surface area contributed by atoms with Crippen LogP contribution in [0.4, 0.5) is 53.0 Å². The molecule has 258 valence electrons. The minimum atomic E-state index is -4.54. The number of hydrogen-bond donors (Lipinski definition) is 4. The van der Waals surface area contributed by atoms with Gasteiger partial charge >= 0.3 is 24.4 Å². The van der Waals surface area contributed by atoms with Crippen molar-refractivity contribution in [3.05, 3.63) is 83.4 Å². The maximum Gasteiger partial charge on any atom is 0.416 e. The molecule has 4 rings (SSSR count). The van der Waals surface area contributed by atoms with Gasteiger partial charge in [-0.25, -0.2) is 9.59 Å². The number of fused-ring (bicyclic) bond motifs is 1. The number of nitrogens with zero attached hydrogens (tertiary/aromatic N) is 2. The van der Waals surface area contributed by atoms with Crippen LogP contribution in [0, 0.1) is 5.92 Å². The van der Waals surface area contributed by atoms with Crippen molar-refractivity contribution in [2.45, 2.75) is 38.3 Å². The number of ether oxygens (including phenoxy) is 1. The van der Waals surface area contributed by atoms with Gasteiger partial charge in [0.05, 0.1) is 35.9 Å². The van der Waals surface area contributed by atoms with E-state index in [1.165, 1.54) is 35.0 Å². The number of likely N-dealkylation sites (N-methyl/N-ethyl adjacent to an activating group) is 1. The average Bonchev–Trinajstić information content (AvgIpc) is 3.02. The summed E-state index contributed by atoms with van der Waals surface area (Å²) in [5.41, 5.74) is -1.31. The Hall–Kier alpha value is -4.99. The molecule has 3 aromatic rings. The number of nitrogens with one attached hydrogen (secondary N) is 3. The first-order valence-corrected chi connectivity index (χ1v) is 14.6. The number of carbonyl (C=O) groups is 3. The molecular weight excluding hydrogens is 648 g/mol. The highest BCUT2D eigenvalue weighted by Gasteiger charge is 2.35. The van der Waals surface area contributed by atoms with E-state index < -0.39 is 53.6 Å². The van der Waals surface area contributed by atoms with Crippen molar-refractivity contribution in [2.75, 3.05) is 42.7 Å². The third-order valence-corrected chi connectivity index (χ3v) is 7.66. The molecule has 1 aliphatic rings. The molecule has 1 heterocycles. The van der Waals surface area contributed by atoms with Gasteiger partial charge in [-0.05, 0) is 73.7 Å². The average molecular weight is 682 g/mol. The number of benzene rings is 3. The topological polar surface area (TPSA) is 123 Å². The first kappa shape index (κ1) is 35.9. The highest BCUT2D eigenvalue weighted by molar-refractivity contribution is 6.02. The van der Waals surface area contributed by atoms with Crippen LogP contribution < -0.4 is 20.7 Å². The number of urea groups is 2. The lowest BCUT2D eigenvalue weighted by atomic mass is 9.99. The van der Waals surface area contributed by atoms with Crippen LogP contribution in [-0.4, -0.2) is 71.8 Å². The van der Waals surface area contributed by atoms with E-state index >= 15 is 0 Å². The number of aliphatic hydroxyl groups excluding tert-OH is 1. The summed E-state index contributed by atoms with van der Waals surface area (Å²) in [4.78, 5) is 41.9. The predicted octanol–water partition coefficient (Wildman–Crippen LogP) is 6.75. The zero-order valence-electron chi connectivity index (χ0n) is 25.9. The quantitative estimate of drug-likeness (QED) is 0.206. The summed E-state index contributed by atoms with van der Waals surface area (Å²) in [6.45, 7) is 3.19. The van der Waals surface area contributed by atoms with Gasteiger partial charge in [0.25, 0.3) is 5.91 Å². The summed E-state index contributed by atoms with van der Waals surface area (Å²) >= 11 is 0. The molecule has 5 amide bonds. The van der Waals surface area contributed by atoms with Crippen LogP contribution in [0.5, 0.6) is 5.75 Å². The molecular formula is C32H33F6N5O5. The highest BCUT2D eigenvalue weighted by atomic mass is 19.4. The fourth-order valence-corrected chi connectivity index (χ4v) is 4.87. The summed E-state index contributed by atoms with van der Waals surface area (Å²) in [6.07, 6.45) is -9.76. The van der Waals surface area contributed by atoms with Crippen LogP contribution in [0.25, 0.3) is 0 Å². The predicted molar refractivity (Wildman–Crippen MR) is 165 cm³/mol. The molecule has 0 aromatic heterocycles. The Morgan fingerprint density at radius 3 is 1.92 bits per heavy atom. The maximum atomic E-state index is 13.7. The molecule has 0 unspecified atom stereocenters. The van der Waals surface area contributed by atoms with Crippen molar-refractivity contribution in [2.24, 2.45) is 5.92 Å². The van der Waals surface area contributed by atoms with Gasteiger partial charge in [-0.3, -0.25) is 4.79 Å². The maximum absolute atomic E-state index is 13.7. The number of aliphatic hydroxyl groups is 1. The van der Waals surface area contributed by atoms with Crippen molar-refractivity contribution in [3.8, 4) is 5.75 Å². The Kier molecular flexibility index (Phi) is 10.8. The van der Waals surface area contributed by atoms with E-state index in [1.54, 1.807) is 13.8 Å². The third-order valence-electron chi connectivity index (χ3n) is 7.66. The van der Waals surface area contributed by atoms with Gasteiger partial charge < -0.3 is 35.6 Å². The normalized spacial score (nSPS) is 17.3. The molecule has 4 N–H and O–H groups in total. The second kappa shape index (κ2) is 14.4. The molecule has 0 saturated heterocycles. The lowest BCUT2D eigenvalue weighted by molar-refractivity contribution is -0.138. The van der Waals surface area contributed by atoms with Gasteiger partial charge in [0, 0.05) is 36.6 Å². The van der Waals surface area contributed by atoms with Crippen molar-refractivity contribution in [1.29, 1.82) is 0 Å². The lowest BCUT2D eigenvalue weighted by Gasteiger charge is -2.38. The fourth-order valence-electron chi connectivity index (χ4n) is 4.87. The van der Waals surface area contributed by atoms with Crippen molar-refractivity contribution in [1.82, 2.24) is 9.80 Å². The van der Waals surface area contributed by atoms with Crippen molar-refractivity contribution >= 4 is 35.0 Å². The standard InChI is InChI=1S/C32H33F6N5O5/c1-18-15-43(19(2)17-44)28(45)25-14-24(40-29(46)39-22-8-4-20(5-9-22)31(33,34)35)12-13-26(25)48-27(18)16-42(3)30(47)41-23-10-6-21(7-11-23)32(36,37)38/h4-14,18-19,27,44H,15-17H2,1-3H3,(H,41,47)(H2,39,40,46)/t18-,19-,27+/m1/s1. The summed E-state index contributed by atoms with van der Waals surface area (Å²) in [6, 6.07) is 10.0. The zero-order chi connectivity index (χ0) is 35.4. The number of hydrogen-bond acceptors (Lipinski definition) is 5. The number of carbonyl (C=O) groups excluding carboxylic acids is 3. The SMILES string of the molecule is C[C@@H]1CN([C@H](C)CO)C(=O)c2cc(NC(=O)Nc3ccc(C(F)(F)F)cc3)ccc2O[C@H]1CN(C)C(=O)Nc1ccc(C(F)(F)F)cc1. The van der Waals surface area contributed by atoms with E-state index in [1.807, 2.05) is 0 Å². The summed E-state index contributed by atoms with van der Waals surface area (Å²) in [7, 11) is 1.47. The minimum Gasteiger partial charge on any atom is -0.487 e. The fraction of sp³-hybridized carbons (Fsp3) is 0.344. The number of rotatable bonds is 7. The van der Waals surface area contributed by atoms with Crippen LogP contribution in [0.2, 0.25) is 0 Å². The number of halogens is 6. The smallest absolute Gasteiger partial charge is 0.416 e. The summed E-state index contributed by atoms with van der Waals surface area (Å²) < 4.78 is 83.5. The molecule has 0 bridgehead atoms. The minimum absolute atomic E-state index is 0.00184. The monoisotopic (exact) mass is 681 g/mol. The molecule has 0 fully saturated rings. The summed E-state index contributed by atoms with van der Waals surface area (Å²) in [5, 5.41) is 17.4. The number of alkyl halides is 6. The Morgan fingerprint density at radius 2 is 1.40 bits per heavy atom. The van der Waals surface area contributed by atoms with Crippen molar-refractivity contribution in [3.63, 3.8) is 0 Å². The van der Waals surface area contributed by atoms with Gasteiger partial charge in [0.15, 0.2) is 0 Å². The summed E-state index contributed by atoms with van der Waals surface area (Å²) in [5.74, 6) is -0.751. The van der Waals surface area contributed by atoms with E-state index in [-0.39, 0.29) is 54.0 Å². The van der Waals surface area contributed by atoms with Crippen LogP contribution in [0.3, 0.4) is 0 Å². The largest absolute Gasteiger partial charge is 0.487 e. The van der Waals surface area contributed by atoms with Crippen LogP contribution in [0.1, 0.15) is 35.3 Å². The number of anilines is 3. The van der Waals surface area contributed by atoms with E-state index in [0.29, 0.717) is 0 Å². The number of amides is 5. The van der Waals surface area contributed by atoms with Gasteiger partial charge in [-0.2, -0.15) is 26.3 Å². The second-order valence-electron chi connectivity index (χ2n) is 11.4. The van der Waals surface area contributed by atoms with Crippen LogP contribution in [-0.2, 0) is 12.4 Å². The first-order valence-electron chi connectivity index (χ1n) is 14.6. The lowest BCUT2D eigenvalue weighted by Crippen LogP contribution is -2.50. The van der Waals surface area contributed by atoms with Gasteiger partial charge in [0.2, 0.25) is 0 Å². The van der Waals surface area contributed by atoms with Crippen molar-refractivity contribution < 1.29 is 50.6 Å². The highest BCUT2D eigenvalue weighted by Crippen LogP contribution is 2.33. The molecule has 0 aliphatic carbocycles. The Balaban J connectivity index is 1.51. The van der Waals surface area contributed by atoms with E-state index in [2.05, 4.69) is 16.0 Å². The zero-order valence-corrected chi connectivity index (χ0v) is 25.9. The molecule has 3 aromatic carbocycles. The molecule has 10 nitrogen and oxygen atoms in total. The molecule has 1 aliphatic heterocycles. The molecule has 0 radical (unpaired) electrons. The van der Waals surface area contributed by atoms with Crippen LogP contribution >= 0.6 is 0 Å². The van der Waals surface area contributed by atoms with Gasteiger partial charge in [-0.1, -0.05) is 6.92 Å². The molecule has 3 atom stereocenters. The molecule has 48 heavy (non-hydrogen) atoms. The Morgan fingerprint density at radius 1 is 0.896 bits per heavy atom. The Bertz CT molecular complexity index is 1620.